The summed E-state index contributed by atoms with van der Waals surface area (Å²) >= 11 is 0. The van der Waals surface area contributed by atoms with E-state index < -0.39 is 5.41 Å². The highest BCUT2D eigenvalue weighted by atomic mass is 15.1. The van der Waals surface area contributed by atoms with Gasteiger partial charge in [-0.2, -0.15) is 0 Å². The lowest BCUT2D eigenvalue weighted by Gasteiger charge is -2.35. The van der Waals surface area contributed by atoms with Crippen LogP contribution in [0.25, 0.3) is 44.2 Å². The van der Waals surface area contributed by atoms with Gasteiger partial charge in [-0.15, -0.1) is 0 Å². The lowest BCUT2D eigenvalue weighted by molar-refractivity contribution is 0.660. The van der Waals surface area contributed by atoms with E-state index in [0.717, 1.165) is 17.1 Å². The highest BCUT2D eigenvalue weighted by Crippen LogP contribution is 2.58. The molecule has 1 nitrogen and oxygen atoms in total. The van der Waals surface area contributed by atoms with Gasteiger partial charge < -0.3 is 4.90 Å². The van der Waals surface area contributed by atoms with Crippen molar-refractivity contribution in [3.05, 3.63) is 246 Å². The Morgan fingerprint density at radius 1 is 0.351 bits per heavy atom. The van der Waals surface area contributed by atoms with Gasteiger partial charge in [-0.05, 0) is 109 Å². The van der Waals surface area contributed by atoms with Crippen LogP contribution in [0.4, 0.5) is 17.1 Å². The van der Waals surface area contributed by atoms with Crippen LogP contribution in [-0.4, -0.2) is 0 Å². The van der Waals surface area contributed by atoms with Gasteiger partial charge in [0, 0.05) is 22.2 Å². The molecule has 0 spiro atoms. The van der Waals surface area contributed by atoms with Crippen molar-refractivity contribution in [1.29, 1.82) is 0 Å². The molecule has 270 valence electrons. The first-order valence-corrected chi connectivity index (χ1v) is 20.0. The zero-order valence-corrected chi connectivity index (χ0v) is 32.2. The van der Waals surface area contributed by atoms with Crippen LogP contribution in [0.1, 0.15) is 47.2 Å². The van der Waals surface area contributed by atoms with Crippen LogP contribution in [0.3, 0.4) is 0 Å². The van der Waals surface area contributed by atoms with Crippen molar-refractivity contribution in [1.82, 2.24) is 0 Å². The summed E-state index contributed by atoms with van der Waals surface area (Å²) in [5.74, 6) is 0. The molecule has 1 unspecified atom stereocenters. The summed E-state index contributed by atoms with van der Waals surface area (Å²) < 4.78 is 0. The Labute approximate surface area is 335 Å². The molecule has 2 aliphatic rings. The summed E-state index contributed by atoms with van der Waals surface area (Å²) in [5.41, 5.74) is 18.2. The number of hydrogen-bond donors (Lipinski definition) is 0. The highest BCUT2D eigenvalue weighted by molar-refractivity contribution is 6.00. The van der Waals surface area contributed by atoms with Crippen LogP contribution >= 0.6 is 0 Å². The van der Waals surface area contributed by atoms with Crippen molar-refractivity contribution in [2.24, 2.45) is 0 Å². The van der Waals surface area contributed by atoms with E-state index in [1.54, 1.807) is 0 Å². The van der Waals surface area contributed by atoms with Crippen LogP contribution in [0, 0.1) is 0 Å². The fraction of sp³-hybridized carbons (Fsp3) is 0.0714. The standard InChI is InChI=1S/C56H41N/c1-55(2)50-28-13-11-26-46(50)48-33-31-43(36-52(48)55)57(54-30-16-20-39-19-9-10-25-45(39)54)44-32-34-49-47-27-12-14-29-51(47)56(53(49)37-44,41-22-7-4-8-23-41)42-24-15-21-40(35-42)38-17-5-3-6-18-38/h3-37H,1-2H3. The normalized spacial score (nSPS) is 15.8. The van der Waals surface area contributed by atoms with E-state index >= 15 is 0 Å². The summed E-state index contributed by atoms with van der Waals surface area (Å²) in [5, 5.41) is 2.44. The molecule has 0 heterocycles. The maximum Gasteiger partial charge on any atom is 0.0714 e. The molecule has 57 heavy (non-hydrogen) atoms. The number of benzene rings is 9. The van der Waals surface area contributed by atoms with E-state index in [1.807, 2.05) is 0 Å². The van der Waals surface area contributed by atoms with Gasteiger partial charge in [-0.25, -0.2) is 0 Å². The Balaban J connectivity index is 1.19. The van der Waals surface area contributed by atoms with E-state index in [2.05, 4.69) is 231 Å². The van der Waals surface area contributed by atoms with Crippen LogP contribution in [-0.2, 0) is 10.8 Å². The molecular weight excluding hydrogens is 687 g/mol. The fourth-order valence-electron chi connectivity index (χ4n) is 10.1. The number of hydrogen-bond acceptors (Lipinski definition) is 1. The lowest BCUT2D eigenvalue weighted by Crippen LogP contribution is -2.29. The van der Waals surface area contributed by atoms with Crippen molar-refractivity contribution < 1.29 is 0 Å². The molecule has 2 aliphatic carbocycles. The Hall–Kier alpha value is -6.96. The van der Waals surface area contributed by atoms with Gasteiger partial charge in [0.05, 0.1) is 11.1 Å². The van der Waals surface area contributed by atoms with Crippen LogP contribution in [0.5, 0.6) is 0 Å². The molecule has 0 bridgehead atoms. The van der Waals surface area contributed by atoms with Gasteiger partial charge in [0.2, 0.25) is 0 Å². The van der Waals surface area contributed by atoms with Crippen LogP contribution < -0.4 is 4.90 Å². The molecular formula is C56H41N. The Kier molecular flexibility index (Phi) is 7.50. The maximum absolute atomic E-state index is 2.50. The first-order valence-electron chi connectivity index (χ1n) is 20.0. The van der Waals surface area contributed by atoms with Gasteiger partial charge in [0.25, 0.3) is 0 Å². The number of anilines is 3. The topological polar surface area (TPSA) is 3.24 Å². The molecule has 0 saturated heterocycles. The monoisotopic (exact) mass is 727 g/mol. The molecule has 9 aromatic rings. The molecule has 0 fully saturated rings. The minimum absolute atomic E-state index is 0.127. The third-order valence-electron chi connectivity index (χ3n) is 12.7. The summed E-state index contributed by atoms with van der Waals surface area (Å²) in [6.07, 6.45) is 0. The maximum atomic E-state index is 2.50. The van der Waals surface area contributed by atoms with E-state index in [0.29, 0.717) is 0 Å². The molecule has 0 aliphatic heterocycles. The largest absolute Gasteiger partial charge is 0.310 e. The van der Waals surface area contributed by atoms with Crippen molar-refractivity contribution in [3.8, 4) is 33.4 Å². The average molecular weight is 728 g/mol. The second-order valence-corrected chi connectivity index (χ2v) is 16.1. The third-order valence-corrected chi connectivity index (χ3v) is 12.7. The van der Waals surface area contributed by atoms with Gasteiger partial charge >= 0.3 is 0 Å². The molecule has 0 aromatic heterocycles. The second-order valence-electron chi connectivity index (χ2n) is 16.1. The van der Waals surface area contributed by atoms with Gasteiger partial charge in [-0.3, -0.25) is 0 Å². The molecule has 0 radical (unpaired) electrons. The summed E-state index contributed by atoms with van der Waals surface area (Å²) in [6, 6.07) is 78.9. The van der Waals surface area contributed by atoms with Crippen molar-refractivity contribution in [2.75, 3.05) is 4.90 Å². The van der Waals surface area contributed by atoms with E-state index in [1.165, 1.54) is 77.5 Å². The third kappa shape index (κ3) is 4.95. The Bertz CT molecular complexity index is 2990. The molecule has 0 amide bonds. The van der Waals surface area contributed by atoms with Crippen molar-refractivity contribution in [3.63, 3.8) is 0 Å². The lowest BCUT2D eigenvalue weighted by atomic mass is 9.67. The fourth-order valence-corrected chi connectivity index (χ4v) is 10.1. The van der Waals surface area contributed by atoms with Crippen LogP contribution in [0.15, 0.2) is 212 Å². The highest BCUT2D eigenvalue weighted by Gasteiger charge is 2.46. The minimum Gasteiger partial charge on any atom is -0.310 e. The zero-order chi connectivity index (χ0) is 38.1. The van der Waals surface area contributed by atoms with Gasteiger partial charge in [0.1, 0.15) is 0 Å². The first-order chi connectivity index (χ1) is 28.0. The number of nitrogens with zero attached hydrogens (tertiary/aromatic N) is 1. The summed E-state index contributed by atoms with van der Waals surface area (Å²) in [6.45, 7) is 4.74. The quantitative estimate of drug-likeness (QED) is 0.165. The predicted octanol–water partition coefficient (Wildman–Crippen LogP) is 14.6. The smallest absolute Gasteiger partial charge is 0.0714 e. The predicted molar refractivity (Wildman–Crippen MR) is 239 cm³/mol. The molecule has 0 N–H and O–H groups in total. The summed E-state index contributed by atoms with van der Waals surface area (Å²) in [7, 11) is 0. The minimum atomic E-state index is -0.556. The second kappa shape index (κ2) is 12.8. The Morgan fingerprint density at radius 3 is 1.65 bits per heavy atom. The summed E-state index contributed by atoms with van der Waals surface area (Å²) in [4.78, 5) is 2.50. The van der Waals surface area contributed by atoms with Gasteiger partial charge in [0.15, 0.2) is 0 Å². The average Bonchev–Trinajstić information content (AvgIpc) is 3.70. The molecule has 11 rings (SSSR count). The first kappa shape index (κ1) is 33.4. The number of fused-ring (bicyclic) bond motifs is 7. The van der Waals surface area contributed by atoms with E-state index in [4.69, 9.17) is 0 Å². The van der Waals surface area contributed by atoms with Crippen molar-refractivity contribution >= 4 is 27.8 Å². The van der Waals surface area contributed by atoms with Gasteiger partial charge in [-0.1, -0.05) is 190 Å². The SMILES string of the molecule is CC1(C)c2ccccc2-c2ccc(N(c3ccc4c(c3)C(c3ccccc3)(c3cccc(-c5ccccc5)c3)c3ccccc3-4)c3cccc4ccccc34)cc21. The van der Waals surface area contributed by atoms with Crippen molar-refractivity contribution in [2.45, 2.75) is 24.7 Å². The van der Waals surface area contributed by atoms with E-state index in [-0.39, 0.29) is 5.41 Å². The van der Waals surface area contributed by atoms with E-state index in [9.17, 15) is 0 Å². The Morgan fingerprint density at radius 2 is 0.877 bits per heavy atom. The molecule has 9 aromatic carbocycles. The molecule has 1 atom stereocenters. The molecule has 1 heteroatoms. The van der Waals surface area contributed by atoms with Crippen LogP contribution in [0.2, 0.25) is 0 Å². The number of rotatable bonds is 6. The molecule has 0 saturated carbocycles. The zero-order valence-electron chi connectivity index (χ0n) is 32.2.